The van der Waals surface area contributed by atoms with E-state index in [1.165, 1.54) is 0 Å². The molecule has 1 aromatic carbocycles. The van der Waals surface area contributed by atoms with Crippen molar-refractivity contribution in [1.82, 2.24) is 15.2 Å². The first-order chi connectivity index (χ1) is 12.2. The molecule has 1 atom stereocenters. The van der Waals surface area contributed by atoms with Crippen LogP contribution in [0.5, 0.6) is 5.75 Å². The molecule has 1 saturated heterocycles. The molecule has 6 heteroatoms. The van der Waals surface area contributed by atoms with E-state index in [-0.39, 0.29) is 17.9 Å². The van der Waals surface area contributed by atoms with Crippen LogP contribution in [0.1, 0.15) is 35.3 Å². The molecule has 2 heterocycles. The van der Waals surface area contributed by atoms with Gasteiger partial charge in [0.15, 0.2) is 0 Å². The smallest absolute Gasteiger partial charge is 0.267 e. The number of aromatic nitrogens is 1. The molecule has 25 heavy (non-hydrogen) atoms. The maximum Gasteiger partial charge on any atom is 0.267 e. The lowest BCUT2D eigenvalue weighted by Crippen LogP contribution is -2.36. The van der Waals surface area contributed by atoms with E-state index >= 15 is 0 Å². The molecule has 0 saturated carbocycles. The van der Waals surface area contributed by atoms with Crippen LogP contribution in [0.2, 0.25) is 0 Å². The second kappa shape index (κ2) is 7.88. The Morgan fingerprint density at radius 1 is 1.32 bits per heavy atom. The molecule has 2 amide bonds. The number of H-pyrrole nitrogens is 1. The number of ether oxygens (including phenoxy) is 1. The van der Waals surface area contributed by atoms with Crippen LogP contribution in [0.3, 0.4) is 0 Å². The van der Waals surface area contributed by atoms with Crippen LogP contribution in [0.25, 0.3) is 0 Å². The predicted octanol–water partition coefficient (Wildman–Crippen LogP) is 2.33. The molecule has 1 unspecified atom stereocenters. The number of benzene rings is 1. The number of aromatic amines is 1. The Labute approximate surface area is 147 Å². The molecular weight excluding hydrogens is 318 g/mol. The lowest BCUT2D eigenvalue weighted by Gasteiger charge is -2.21. The van der Waals surface area contributed by atoms with Gasteiger partial charge in [-0.15, -0.1) is 0 Å². The Hall–Kier alpha value is -2.76. The zero-order chi connectivity index (χ0) is 17.6. The Bertz CT molecular complexity index is 727. The largest absolute Gasteiger partial charge is 0.497 e. The van der Waals surface area contributed by atoms with Crippen molar-refractivity contribution >= 4 is 11.8 Å². The first kappa shape index (κ1) is 17.1. The molecule has 0 aliphatic carbocycles. The van der Waals surface area contributed by atoms with Gasteiger partial charge in [-0.25, -0.2) is 0 Å². The maximum absolute atomic E-state index is 12.4. The van der Waals surface area contributed by atoms with E-state index in [1.807, 2.05) is 29.2 Å². The third-order valence-electron chi connectivity index (χ3n) is 4.49. The summed E-state index contributed by atoms with van der Waals surface area (Å²) in [7, 11) is 1.63. The summed E-state index contributed by atoms with van der Waals surface area (Å²) in [6.45, 7) is 1.19. The fourth-order valence-corrected chi connectivity index (χ4v) is 3.07. The van der Waals surface area contributed by atoms with E-state index in [1.54, 1.807) is 25.4 Å². The fraction of sp³-hybridized carbons (Fsp3) is 0.368. The third kappa shape index (κ3) is 4.41. The van der Waals surface area contributed by atoms with E-state index in [2.05, 4.69) is 10.3 Å². The minimum absolute atomic E-state index is 0.00931. The lowest BCUT2D eigenvalue weighted by atomic mass is 10.1. The molecular formula is C19H23N3O3. The van der Waals surface area contributed by atoms with Crippen LogP contribution in [0.4, 0.5) is 0 Å². The predicted molar refractivity (Wildman–Crippen MR) is 94.3 cm³/mol. The van der Waals surface area contributed by atoms with Gasteiger partial charge in [-0.3, -0.25) is 9.59 Å². The van der Waals surface area contributed by atoms with E-state index in [9.17, 15) is 9.59 Å². The number of nitrogens with one attached hydrogen (secondary N) is 2. The van der Waals surface area contributed by atoms with Crippen molar-refractivity contribution in [1.29, 1.82) is 0 Å². The second-order valence-corrected chi connectivity index (χ2v) is 6.25. The SMILES string of the molecule is COc1cccc(CN2CCC(NC(=O)c3ccc[nH]3)CCC2=O)c1. The minimum atomic E-state index is -0.122. The summed E-state index contributed by atoms with van der Waals surface area (Å²) < 4.78 is 5.24. The summed E-state index contributed by atoms with van der Waals surface area (Å²) in [5.74, 6) is 0.791. The van der Waals surface area contributed by atoms with Gasteiger partial charge in [0.2, 0.25) is 5.91 Å². The molecule has 0 spiro atoms. The van der Waals surface area contributed by atoms with E-state index in [0.29, 0.717) is 31.6 Å². The molecule has 2 aromatic rings. The molecule has 6 nitrogen and oxygen atoms in total. The number of methoxy groups -OCH3 is 1. The normalized spacial score (nSPS) is 17.9. The topological polar surface area (TPSA) is 74.4 Å². The van der Waals surface area contributed by atoms with Crippen LogP contribution < -0.4 is 10.1 Å². The average molecular weight is 341 g/mol. The zero-order valence-corrected chi connectivity index (χ0v) is 14.3. The Balaban J connectivity index is 1.59. The highest BCUT2D eigenvalue weighted by atomic mass is 16.5. The maximum atomic E-state index is 12.4. The van der Waals surface area contributed by atoms with Gasteiger partial charge < -0.3 is 19.9 Å². The third-order valence-corrected chi connectivity index (χ3v) is 4.49. The van der Waals surface area contributed by atoms with Gasteiger partial charge in [-0.1, -0.05) is 12.1 Å². The molecule has 1 aromatic heterocycles. The second-order valence-electron chi connectivity index (χ2n) is 6.25. The average Bonchev–Trinajstić information content (AvgIpc) is 3.12. The summed E-state index contributed by atoms with van der Waals surface area (Å²) in [5, 5.41) is 3.02. The number of likely N-dealkylation sites (tertiary alicyclic amines) is 1. The Morgan fingerprint density at radius 3 is 2.96 bits per heavy atom. The van der Waals surface area contributed by atoms with Gasteiger partial charge in [0.05, 0.1) is 7.11 Å². The monoisotopic (exact) mass is 341 g/mol. The molecule has 3 rings (SSSR count). The summed E-state index contributed by atoms with van der Waals surface area (Å²) >= 11 is 0. The van der Waals surface area contributed by atoms with E-state index in [4.69, 9.17) is 4.74 Å². The molecule has 0 radical (unpaired) electrons. The van der Waals surface area contributed by atoms with E-state index in [0.717, 1.165) is 17.7 Å². The summed E-state index contributed by atoms with van der Waals surface area (Å²) in [6, 6.07) is 11.3. The Morgan fingerprint density at radius 2 is 2.20 bits per heavy atom. The molecule has 132 valence electrons. The number of carbonyl (C=O) groups is 2. The van der Waals surface area contributed by atoms with Crippen molar-refractivity contribution in [2.75, 3.05) is 13.7 Å². The quantitative estimate of drug-likeness (QED) is 0.876. The molecule has 2 N–H and O–H groups in total. The number of rotatable bonds is 5. The highest BCUT2D eigenvalue weighted by Gasteiger charge is 2.24. The summed E-state index contributed by atoms with van der Waals surface area (Å²) in [6.07, 6.45) is 3.59. The van der Waals surface area contributed by atoms with Crippen LogP contribution in [0, 0.1) is 0 Å². The van der Waals surface area contributed by atoms with Gasteiger partial charge >= 0.3 is 0 Å². The number of carbonyl (C=O) groups excluding carboxylic acids is 2. The first-order valence-corrected chi connectivity index (χ1v) is 8.50. The first-order valence-electron chi connectivity index (χ1n) is 8.50. The summed E-state index contributed by atoms with van der Waals surface area (Å²) in [5.41, 5.74) is 1.59. The minimum Gasteiger partial charge on any atom is -0.497 e. The number of nitrogens with zero attached hydrogens (tertiary/aromatic N) is 1. The molecule has 1 aliphatic heterocycles. The van der Waals surface area contributed by atoms with E-state index < -0.39 is 0 Å². The zero-order valence-electron chi connectivity index (χ0n) is 14.3. The van der Waals surface area contributed by atoms with Crippen molar-refractivity contribution in [2.45, 2.75) is 31.8 Å². The van der Waals surface area contributed by atoms with Crippen molar-refractivity contribution in [3.05, 3.63) is 53.9 Å². The van der Waals surface area contributed by atoms with Crippen LogP contribution >= 0.6 is 0 Å². The van der Waals surface area contributed by atoms with Gasteiger partial charge in [0.25, 0.3) is 5.91 Å². The van der Waals surface area contributed by atoms with Crippen molar-refractivity contribution in [2.24, 2.45) is 0 Å². The molecule has 0 bridgehead atoms. The Kier molecular flexibility index (Phi) is 5.38. The summed E-state index contributed by atoms with van der Waals surface area (Å²) in [4.78, 5) is 29.3. The van der Waals surface area contributed by atoms with Gasteiger partial charge in [-0.2, -0.15) is 0 Å². The van der Waals surface area contributed by atoms with Crippen molar-refractivity contribution in [3.8, 4) is 5.75 Å². The van der Waals surface area contributed by atoms with Crippen molar-refractivity contribution in [3.63, 3.8) is 0 Å². The number of amides is 2. The number of hydrogen-bond acceptors (Lipinski definition) is 3. The van der Waals surface area contributed by atoms with Gasteiger partial charge in [0.1, 0.15) is 11.4 Å². The van der Waals surface area contributed by atoms with Crippen LogP contribution in [-0.2, 0) is 11.3 Å². The number of hydrogen-bond donors (Lipinski definition) is 2. The van der Waals surface area contributed by atoms with Crippen LogP contribution in [-0.4, -0.2) is 41.4 Å². The van der Waals surface area contributed by atoms with Gasteiger partial charge in [-0.05, 0) is 42.7 Å². The molecule has 1 fully saturated rings. The van der Waals surface area contributed by atoms with Crippen LogP contribution in [0.15, 0.2) is 42.6 Å². The van der Waals surface area contributed by atoms with Crippen molar-refractivity contribution < 1.29 is 14.3 Å². The standard InChI is InChI=1S/C19H23N3O3/c1-25-16-5-2-4-14(12-16)13-22-11-9-15(7-8-18(22)23)21-19(24)17-6-3-10-20-17/h2-6,10,12,15,20H,7-9,11,13H2,1H3,(H,21,24). The van der Waals surface area contributed by atoms with Gasteiger partial charge in [0, 0.05) is 31.7 Å². The highest BCUT2D eigenvalue weighted by molar-refractivity contribution is 5.92. The lowest BCUT2D eigenvalue weighted by molar-refractivity contribution is -0.131. The molecule has 1 aliphatic rings. The fourth-order valence-electron chi connectivity index (χ4n) is 3.07. The highest BCUT2D eigenvalue weighted by Crippen LogP contribution is 2.18.